The molecule has 1 saturated carbocycles. The molecular formula is C24H38Cl3NO4. The van der Waals surface area contributed by atoms with Crippen LogP contribution in [0.4, 0.5) is 4.79 Å². The number of allylic oxidation sites excluding steroid dienone is 1. The molecule has 0 N–H and O–H groups in total. The van der Waals surface area contributed by atoms with Crippen molar-refractivity contribution in [3.05, 3.63) is 12.2 Å². The SMILES string of the molecule is CCCCC[C@@H]1CCCC2C1CC[C@@H](CC/C=C/C(=O)OC)N2C(=O)OC(C)C(Cl)(Cl)Cl. The molecule has 0 spiro atoms. The first-order valence-corrected chi connectivity index (χ1v) is 13.1. The van der Waals surface area contributed by atoms with E-state index in [4.69, 9.17) is 39.5 Å². The van der Waals surface area contributed by atoms with Crippen molar-refractivity contribution >= 4 is 46.9 Å². The average Bonchev–Trinajstić information content (AvgIpc) is 2.75. The molecule has 1 aliphatic heterocycles. The third-order valence-electron chi connectivity index (χ3n) is 7.01. The molecule has 2 fully saturated rings. The first-order chi connectivity index (χ1) is 15.2. The lowest BCUT2D eigenvalue weighted by atomic mass is 9.68. The predicted octanol–water partition coefficient (Wildman–Crippen LogP) is 7.22. The molecule has 0 aromatic rings. The second kappa shape index (κ2) is 13.3. The van der Waals surface area contributed by atoms with E-state index in [1.54, 1.807) is 13.0 Å². The number of likely N-dealkylation sites (tertiary alicyclic amines) is 1. The minimum atomic E-state index is -1.67. The second-order valence-corrected chi connectivity index (χ2v) is 11.5. The van der Waals surface area contributed by atoms with E-state index >= 15 is 0 Å². The van der Waals surface area contributed by atoms with Crippen LogP contribution in [-0.2, 0) is 14.3 Å². The zero-order valence-corrected chi connectivity index (χ0v) is 21.8. The number of piperidine rings is 1. The molecule has 2 aliphatic rings. The Kier molecular flexibility index (Phi) is 11.5. The highest BCUT2D eigenvalue weighted by Crippen LogP contribution is 2.44. The van der Waals surface area contributed by atoms with E-state index in [2.05, 4.69) is 11.7 Å². The van der Waals surface area contributed by atoms with E-state index in [-0.39, 0.29) is 18.1 Å². The van der Waals surface area contributed by atoms with Crippen LogP contribution in [0, 0.1) is 11.8 Å². The van der Waals surface area contributed by atoms with Crippen molar-refractivity contribution in [2.24, 2.45) is 11.8 Å². The Morgan fingerprint density at radius 2 is 1.88 bits per heavy atom. The quantitative estimate of drug-likeness (QED) is 0.142. The number of unbranched alkanes of at least 4 members (excludes halogenated alkanes) is 2. The molecule has 0 bridgehead atoms. The number of carbonyl (C=O) groups excluding carboxylic acids is 2. The Labute approximate surface area is 208 Å². The zero-order chi connectivity index (χ0) is 23.7. The number of halogens is 3. The Morgan fingerprint density at radius 1 is 1.12 bits per heavy atom. The van der Waals surface area contributed by atoms with Gasteiger partial charge in [0, 0.05) is 18.2 Å². The van der Waals surface area contributed by atoms with Gasteiger partial charge in [-0.15, -0.1) is 0 Å². The molecular weight excluding hydrogens is 473 g/mol. The van der Waals surface area contributed by atoms with Crippen molar-refractivity contribution in [3.8, 4) is 0 Å². The molecule has 1 aliphatic carbocycles. The van der Waals surface area contributed by atoms with Crippen molar-refractivity contribution < 1.29 is 19.1 Å². The standard InChI is InChI=1S/C24H38Cl3NO4/c1-4-5-6-10-18-11-9-13-21-20(18)16-15-19(12-7-8-14-22(29)31-3)28(21)23(30)32-17(2)24(25,26)27/h8,14,17-21H,4-7,9-13,15-16H2,1-3H3/b14-8+/t17?,18-,19-,20?,21?/m1/s1. The number of fused-ring (bicyclic) bond motifs is 1. The van der Waals surface area contributed by atoms with Gasteiger partial charge in [0.05, 0.1) is 7.11 Å². The Hall–Kier alpha value is -0.650. The number of alkyl halides is 3. The summed E-state index contributed by atoms with van der Waals surface area (Å²) in [6.45, 7) is 3.84. The molecule has 2 rings (SSSR count). The number of hydrogen-bond donors (Lipinski definition) is 0. The lowest BCUT2D eigenvalue weighted by Gasteiger charge is -2.51. The van der Waals surface area contributed by atoms with Crippen LogP contribution < -0.4 is 0 Å². The summed E-state index contributed by atoms with van der Waals surface area (Å²) in [4.78, 5) is 26.6. The van der Waals surface area contributed by atoms with Gasteiger partial charge in [-0.25, -0.2) is 9.59 Å². The zero-order valence-electron chi connectivity index (χ0n) is 19.5. The molecule has 8 heteroatoms. The first kappa shape index (κ1) is 27.6. The highest BCUT2D eigenvalue weighted by atomic mass is 35.6. The summed E-state index contributed by atoms with van der Waals surface area (Å²) in [5.41, 5.74) is 0. The normalized spacial score (nSPS) is 27.1. The first-order valence-electron chi connectivity index (χ1n) is 12.0. The number of amides is 1. The van der Waals surface area contributed by atoms with Crippen LogP contribution in [0.5, 0.6) is 0 Å². The van der Waals surface area contributed by atoms with Crippen molar-refractivity contribution in [2.75, 3.05) is 7.11 Å². The van der Waals surface area contributed by atoms with Gasteiger partial charge in [0.1, 0.15) is 6.10 Å². The van der Waals surface area contributed by atoms with E-state index in [1.165, 1.54) is 45.3 Å². The smallest absolute Gasteiger partial charge is 0.410 e. The van der Waals surface area contributed by atoms with Gasteiger partial charge in [-0.3, -0.25) is 0 Å². The molecule has 0 aromatic heterocycles. The summed E-state index contributed by atoms with van der Waals surface area (Å²) in [6.07, 6.45) is 13.8. The molecule has 32 heavy (non-hydrogen) atoms. The van der Waals surface area contributed by atoms with Crippen LogP contribution in [0.15, 0.2) is 12.2 Å². The van der Waals surface area contributed by atoms with Gasteiger partial charge in [0.15, 0.2) is 0 Å². The topological polar surface area (TPSA) is 55.8 Å². The van der Waals surface area contributed by atoms with Crippen LogP contribution >= 0.6 is 34.8 Å². The number of hydrogen-bond acceptors (Lipinski definition) is 4. The summed E-state index contributed by atoms with van der Waals surface area (Å²) < 4.78 is 8.61. The molecule has 0 aromatic carbocycles. The third kappa shape index (κ3) is 7.99. The van der Waals surface area contributed by atoms with Gasteiger partial charge >= 0.3 is 12.1 Å². The van der Waals surface area contributed by atoms with Gasteiger partial charge < -0.3 is 14.4 Å². The van der Waals surface area contributed by atoms with E-state index in [0.29, 0.717) is 18.3 Å². The highest BCUT2D eigenvalue weighted by Gasteiger charge is 2.46. The van der Waals surface area contributed by atoms with Crippen molar-refractivity contribution in [1.82, 2.24) is 4.90 Å². The highest BCUT2D eigenvalue weighted by molar-refractivity contribution is 6.68. The fraction of sp³-hybridized carbons (Fsp3) is 0.833. The molecule has 1 heterocycles. The molecule has 184 valence electrons. The monoisotopic (exact) mass is 509 g/mol. The third-order valence-corrected chi connectivity index (χ3v) is 7.93. The largest absolute Gasteiger partial charge is 0.466 e. The maximum atomic E-state index is 13.3. The summed E-state index contributed by atoms with van der Waals surface area (Å²) in [5.74, 6) is 0.781. The molecule has 1 amide bonds. The summed E-state index contributed by atoms with van der Waals surface area (Å²) in [5, 5.41) is 0. The van der Waals surface area contributed by atoms with Gasteiger partial charge in [0.2, 0.25) is 3.79 Å². The van der Waals surface area contributed by atoms with Crippen LogP contribution in [0.25, 0.3) is 0 Å². The minimum Gasteiger partial charge on any atom is -0.466 e. The number of methoxy groups -OCH3 is 1. The number of nitrogens with zero attached hydrogens (tertiary/aromatic N) is 1. The Morgan fingerprint density at radius 3 is 2.53 bits per heavy atom. The average molecular weight is 511 g/mol. The number of esters is 1. The summed E-state index contributed by atoms with van der Waals surface area (Å²) >= 11 is 17.9. The van der Waals surface area contributed by atoms with Crippen LogP contribution in [0.3, 0.4) is 0 Å². The fourth-order valence-corrected chi connectivity index (χ4v) is 5.43. The maximum absolute atomic E-state index is 13.3. The van der Waals surface area contributed by atoms with Crippen molar-refractivity contribution in [2.45, 2.75) is 106 Å². The van der Waals surface area contributed by atoms with Gasteiger partial charge in [-0.2, -0.15) is 0 Å². The van der Waals surface area contributed by atoms with Crippen LogP contribution in [-0.4, -0.2) is 46.1 Å². The lowest BCUT2D eigenvalue weighted by Crippen LogP contribution is -2.57. The van der Waals surface area contributed by atoms with Crippen LogP contribution in [0.2, 0.25) is 0 Å². The molecule has 0 radical (unpaired) electrons. The summed E-state index contributed by atoms with van der Waals surface area (Å²) in [7, 11) is 1.36. The van der Waals surface area contributed by atoms with E-state index < -0.39 is 16.0 Å². The fourth-order valence-electron chi connectivity index (χ4n) is 5.30. The molecule has 5 atom stereocenters. The second-order valence-electron chi connectivity index (χ2n) is 9.13. The van der Waals surface area contributed by atoms with E-state index in [0.717, 1.165) is 32.1 Å². The van der Waals surface area contributed by atoms with Gasteiger partial charge in [-0.1, -0.05) is 86.3 Å². The minimum absolute atomic E-state index is 0.0445. The molecule has 3 unspecified atom stereocenters. The number of rotatable bonds is 9. The lowest BCUT2D eigenvalue weighted by molar-refractivity contribution is -0.134. The van der Waals surface area contributed by atoms with Gasteiger partial charge in [-0.05, 0) is 50.9 Å². The van der Waals surface area contributed by atoms with E-state index in [1.807, 2.05) is 4.90 Å². The maximum Gasteiger partial charge on any atom is 0.410 e. The number of carbonyl (C=O) groups is 2. The summed E-state index contributed by atoms with van der Waals surface area (Å²) in [6, 6.07) is 0.205. The van der Waals surface area contributed by atoms with E-state index in [9.17, 15) is 9.59 Å². The van der Waals surface area contributed by atoms with Gasteiger partial charge in [0.25, 0.3) is 0 Å². The van der Waals surface area contributed by atoms with Crippen LogP contribution in [0.1, 0.15) is 84.5 Å². The van der Waals surface area contributed by atoms with Crippen molar-refractivity contribution in [1.29, 1.82) is 0 Å². The predicted molar refractivity (Wildman–Crippen MR) is 130 cm³/mol. The Bertz CT molecular complexity index is 637. The number of ether oxygens (including phenoxy) is 2. The Balaban J connectivity index is 2.14. The van der Waals surface area contributed by atoms with Crippen molar-refractivity contribution in [3.63, 3.8) is 0 Å². The molecule has 5 nitrogen and oxygen atoms in total. The molecule has 1 saturated heterocycles.